The number of ether oxygens (including phenoxy) is 1. The van der Waals surface area contributed by atoms with Gasteiger partial charge in [0.05, 0.1) is 19.1 Å². The molecule has 1 amide bonds. The van der Waals surface area contributed by atoms with E-state index >= 15 is 0 Å². The Labute approximate surface area is 136 Å². The average molecular weight is 317 g/mol. The molecule has 1 fully saturated rings. The highest BCUT2D eigenvalue weighted by Crippen LogP contribution is 2.28. The summed E-state index contributed by atoms with van der Waals surface area (Å²) in [6.07, 6.45) is 3.18. The minimum absolute atomic E-state index is 0.0411. The molecular weight excluding hydrogens is 294 g/mol. The van der Waals surface area contributed by atoms with E-state index in [1.54, 1.807) is 4.90 Å². The van der Waals surface area contributed by atoms with E-state index in [9.17, 15) is 9.59 Å². The van der Waals surface area contributed by atoms with E-state index in [2.05, 4.69) is 24.3 Å². The zero-order valence-electron chi connectivity index (χ0n) is 13.2. The van der Waals surface area contributed by atoms with E-state index in [1.807, 2.05) is 0 Å². The van der Waals surface area contributed by atoms with Crippen LogP contribution in [0.5, 0.6) is 0 Å². The first kappa shape index (κ1) is 16.0. The van der Waals surface area contributed by atoms with Crippen LogP contribution in [0.1, 0.15) is 30.4 Å². The number of aryl methyl sites for hydroxylation is 1. The SMILES string of the molecule is O=C(O)C[C@@H]1CN(C(=O)C[C@@H]2CCc3ccccc3C2)CCO1. The first-order valence-corrected chi connectivity index (χ1v) is 8.30. The van der Waals surface area contributed by atoms with Gasteiger partial charge >= 0.3 is 5.97 Å². The van der Waals surface area contributed by atoms with Crippen molar-refractivity contribution in [2.24, 2.45) is 5.92 Å². The predicted molar refractivity (Wildman–Crippen MR) is 85.1 cm³/mol. The van der Waals surface area contributed by atoms with Crippen LogP contribution >= 0.6 is 0 Å². The average Bonchev–Trinajstić information content (AvgIpc) is 2.54. The Hall–Kier alpha value is -1.88. The Morgan fingerprint density at radius 3 is 2.78 bits per heavy atom. The summed E-state index contributed by atoms with van der Waals surface area (Å²) in [6, 6.07) is 8.46. The lowest BCUT2D eigenvalue weighted by Crippen LogP contribution is -2.46. The van der Waals surface area contributed by atoms with E-state index in [-0.39, 0.29) is 18.4 Å². The summed E-state index contributed by atoms with van der Waals surface area (Å²) in [6.45, 7) is 1.39. The molecule has 2 atom stereocenters. The van der Waals surface area contributed by atoms with Crippen molar-refractivity contribution in [1.82, 2.24) is 4.90 Å². The Morgan fingerprint density at radius 2 is 2.00 bits per heavy atom. The highest BCUT2D eigenvalue weighted by atomic mass is 16.5. The van der Waals surface area contributed by atoms with Crippen LogP contribution in [0.15, 0.2) is 24.3 Å². The summed E-state index contributed by atoms with van der Waals surface area (Å²) < 4.78 is 5.43. The van der Waals surface area contributed by atoms with Crippen LogP contribution in [0.25, 0.3) is 0 Å². The molecule has 0 aromatic heterocycles. The molecule has 0 unspecified atom stereocenters. The van der Waals surface area contributed by atoms with Crippen LogP contribution in [0.2, 0.25) is 0 Å². The van der Waals surface area contributed by atoms with Gasteiger partial charge in [0.25, 0.3) is 0 Å². The van der Waals surface area contributed by atoms with Gasteiger partial charge in [0.1, 0.15) is 0 Å². The lowest BCUT2D eigenvalue weighted by Gasteiger charge is -2.34. The summed E-state index contributed by atoms with van der Waals surface area (Å²) in [4.78, 5) is 25.1. The van der Waals surface area contributed by atoms with Crippen LogP contribution in [-0.4, -0.2) is 47.7 Å². The zero-order chi connectivity index (χ0) is 16.2. The maximum Gasteiger partial charge on any atom is 0.306 e. The van der Waals surface area contributed by atoms with Gasteiger partial charge in [-0.1, -0.05) is 24.3 Å². The number of fused-ring (bicyclic) bond motifs is 1. The molecule has 1 heterocycles. The summed E-state index contributed by atoms with van der Waals surface area (Å²) in [5.74, 6) is -0.362. The number of carbonyl (C=O) groups excluding carboxylic acids is 1. The van der Waals surface area contributed by atoms with E-state index < -0.39 is 5.97 Å². The molecule has 1 saturated heterocycles. The van der Waals surface area contributed by atoms with Crippen molar-refractivity contribution in [2.75, 3.05) is 19.7 Å². The molecule has 5 nitrogen and oxygen atoms in total. The number of benzene rings is 1. The standard InChI is InChI=1S/C18H23NO4/c20-17(19-7-8-23-16(12-19)11-18(21)22)10-13-5-6-14-3-1-2-4-15(14)9-13/h1-4,13,16H,5-12H2,(H,21,22)/t13-,16-/m1/s1. The van der Waals surface area contributed by atoms with Crippen molar-refractivity contribution in [1.29, 1.82) is 0 Å². The third-order valence-electron chi connectivity index (χ3n) is 4.81. The molecule has 1 aliphatic heterocycles. The van der Waals surface area contributed by atoms with E-state index in [1.165, 1.54) is 11.1 Å². The molecule has 0 saturated carbocycles. The minimum atomic E-state index is -0.881. The Bertz CT molecular complexity index is 586. The van der Waals surface area contributed by atoms with Gasteiger partial charge in [-0.05, 0) is 36.3 Å². The number of hydrogen-bond acceptors (Lipinski definition) is 3. The van der Waals surface area contributed by atoms with Gasteiger partial charge < -0.3 is 14.7 Å². The van der Waals surface area contributed by atoms with Gasteiger partial charge in [-0.2, -0.15) is 0 Å². The topological polar surface area (TPSA) is 66.8 Å². The van der Waals surface area contributed by atoms with Crippen molar-refractivity contribution in [3.05, 3.63) is 35.4 Å². The van der Waals surface area contributed by atoms with Gasteiger partial charge in [0.15, 0.2) is 0 Å². The smallest absolute Gasteiger partial charge is 0.306 e. The fourth-order valence-corrected chi connectivity index (χ4v) is 3.59. The number of hydrogen-bond donors (Lipinski definition) is 1. The Kier molecular flexibility index (Phi) is 4.96. The van der Waals surface area contributed by atoms with Gasteiger partial charge in [0.2, 0.25) is 5.91 Å². The summed E-state index contributed by atoms with van der Waals surface area (Å²) in [5.41, 5.74) is 2.77. The summed E-state index contributed by atoms with van der Waals surface area (Å²) in [7, 11) is 0. The first-order chi connectivity index (χ1) is 11.1. The second kappa shape index (κ2) is 7.13. The molecule has 124 valence electrons. The van der Waals surface area contributed by atoms with Crippen molar-refractivity contribution in [3.63, 3.8) is 0 Å². The van der Waals surface area contributed by atoms with Gasteiger partial charge in [-0.25, -0.2) is 0 Å². The number of carboxylic acid groups (broad SMARTS) is 1. The molecule has 5 heteroatoms. The number of aliphatic carboxylic acids is 1. The molecule has 1 N–H and O–H groups in total. The molecule has 3 rings (SSSR count). The number of carbonyl (C=O) groups is 2. The minimum Gasteiger partial charge on any atom is -0.481 e. The fraction of sp³-hybridized carbons (Fsp3) is 0.556. The van der Waals surface area contributed by atoms with Crippen LogP contribution in [0.4, 0.5) is 0 Å². The molecular formula is C18H23NO4. The second-order valence-corrected chi connectivity index (χ2v) is 6.51. The highest BCUT2D eigenvalue weighted by Gasteiger charge is 2.28. The Balaban J connectivity index is 1.54. The number of morpholine rings is 1. The summed E-state index contributed by atoms with van der Waals surface area (Å²) >= 11 is 0. The van der Waals surface area contributed by atoms with Crippen molar-refractivity contribution in [3.8, 4) is 0 Å². The normalized spacial score (nSPS) is 24.1. The molecule has 0 spiro atoms. The number of nitrogens with zero attached hydrogens (tertiary/aromatic N) is 1. The molecule has 1 aromatic carbocycles. The summed E-state index contributed by atoms with van der Waals surface area (Å²) in [5, 5.41) is 8.86. The molecule has 0 bridgehead atoms. The molecule has 0 radical (unpaired) electrons. The van der Waals surface area contributed by atoms with Crippen LogP contribution in [0.3, 0.4) is 0 Å². The third-order valence-corrected chi connectivity index (χ3v) is 4.81. The molecule has 1 aliphatic carbocycles. The number of carboxylic acids is 1. The zero-order valence-corrected chi connectivity index (χ0v) is 13.2. The third kappa shape index (κ3) is 4.10. The lowest BCUT2D eigenvalue weighted by molar-refractivity contribution is -0.148. The van der Waals surface area contributed by atoms with Crippen molar-refractivity contribution >= 4 is 11.9 Å². The maximum absolute atomic E-state index is 12.5. The molecule has 2 aliphatic rings. The van der Waals surface area contributed by atoms with Gasteiger partial charge in [-0.3, -0.25) is 9.59 Å². The second-order valence-electron chi connectivity index (χ2n) is 6.51. The van der Waals surface area contributed by atoms with Gasteiger partial charge in [0, 0.05) is 19.5 Å². The Morgan fingerprint density at radius 1 is 1.22 bits per heavy atom. The molecule has 23 heavy (non-hydrogen) atoms. The van der Waals surface area contributed by atoms with Crippen LogP contribution in [-0.2, 0) is 27.2 Å². The predicted octanol–water partition coefficient (Wildman–Crippen LogP) is 1.88. The largest absolute Gasteiger partial charge is 0.481 e. The van der Waals surface area contributed by atoms with E-state index in [0.29, 0.717) is 32.0 Å². The van der Waals surface area contributed by atoms with Gasteiger partial charge in [-0.15, -0.1) is 0 Å². The quantitative estimate of drug-likeness (QED) is 0.921. The maximum atomic E-state index is 12.5. The monoisotopic (exact) mass is 317 g/mol. The lowest BCUT2D eigenvalue weighted by atomic mass is 9.82. The van der Waals surface area contributed by atoms with Crippen LogP contribution < -0.4 is 0 Å². The van der Waals surface area contributed by atoms with Crippen LogP contribution in [0, 0.1) is 5.92 Å². The molecule has 1 aromatic rings. The number of rotatable bonds is 4. The number of amides is 1. The fourth-order valence-electron chi connectivity index (χ4n) is 3.59. The highest BCUT2D eigenvalue weighted by molar-refractivity contribution is 5.77. The van der Waals surface area contributed by atoms with Crippen molar-refractivity contribution in [2.45, 2.75) is 38.2 Å². The van der Waals surface area contributed by atoms with E-state index in [0.717, 1.165) is 19.3 Å². The van der Waals surface area contributed by atoms with E-state index in [4.69, 9.17) is 9.84 Å². The van der Waals surface area contributed by atoms with Crippen molar-refractivity contribution < 1.29 is 19.4 Å². The first-order valence-electron chi connectivity index (χ1n) is 8.30.